The third-order valence-corrected chi connectivity index (χ3v) is 1.53. The van der Waals surface area contributed by atoms with Gasteiger partial charge in [0.1, 0.15) is 0 Å². The maximum absolute atomic E-state index is 10.3. The summed E-state index contributed by atoms with van der Waals surface area (Å²) in [5.74, 6) is 0. The summed E-state index contributed by atoms with van der Waals surface area (Å²) in [5.41, 5.74) is 1.17. The van der Waals surface area contributed by atoms with E-state index in [-0.39, 0.29) is 29.2 Å². The van der Waals surface area contributed by atoms with E-state index in [1.807, 2.05) is 13.0 Å². The van der Waals surface area contributed by atoms with E-state index < -0.39 is 0 Å². The maximum atomic E-state index is 10.3. The van der Waals surface area contributed by atoms with Crippen LogP contribution in [0.2, 0.25) is 0 Å². The van der Waals surface area contributed by atoms with Crippen molar-refractivity contribution in [3.8, 4) is 0 Å². The molecule has 0 bridgehead atoms. The zero-order chi connectivity index (χ0) is 8.27. The molecule has 0 heterocycles. The van der Waals surface area contributed by atoms with Crippen LogP contribution in [0.4, 0.5) is 5.69 Å². The molecule has 74 valence electrons. The maximum Gasteiger partial charge on any atom is 0.269 e. The number of hydrogen-bond donors (Lipinski definition) is 1. The molecule has 0 aliphatic rings. The van der Waals surface area contributed by atoms with E-state index >= 15 is 0 Å². The minimum absolute atomic E-state index is 0. The molecule has 0 fully saturated rings. The predicted octanol–water partition coefficient (Wildman–Crippen LogP) is 2.74. The molecule has 0 unspecified atom stereocenters. The molecule has 0 aromatic heterocycles. The lowest BCUT2D eigenvalue weighted by molar-refractivity contribution is -0.384. The molecule has 3 N–H and O–H groups in total. The molecule has 1 rings (SSSR count). The summed E-state index contributed by atoms with van der Waals surface area (Å²) >= 11 is 0. The van der Waals surface area contributed by atoms with Crippen molar-refractivity contribution in [1.29, 1.82) is 0 Å². The van der Waals surface area contributed by atoms with Gasteiger partial charge in [0, 0.05) is 12.1 Å². The van der Waals surface area contributed by atoms with Crippen LogP contribution in [0.5, 0.6) is 0 Å². The van der Waals surface area contributed by atoms with Gasteiger partial charge in [-0.1, -0.05) is 19.1 Å². The Balaban J connectivity index is 0. The molecule has 4 nitrogen and oxygen atoms in total. The highest BCUT2D eigenvalue weighted by molar-refractivity contribution is 5.85. The van der Waals surface area contributed by atoms with Crippen molar-refractivity contribution >= 4 is 18.1 Å². The number of aryl methyl sites for hydroxylation is 1. The Bertz CT molecular complexity index is 279. The van der Waals surface area contributed by atoms with Crippen LogP contribution < -0.4 is 6.15 Å². The van der Waals surface area contributed by atoms with Gasteiger partial charge in [-0.2, -0.15) is 0 Å². The third-order valence-electron chi connectivity index (χ3n) is 1.53. The van der Waals surface area contributed by atoms with E-state index in [1.54, 1.807) is 12.1 Å². The topological polar surface area (TPSA) is 78.1 Å². The molecule has 1 aromatic carbocycles. The Morgan fingerprint density at radius 1 is 1.46 bits per heavy atom. The van der Waals surface area contributed by atoms with E-state index in [4.69, 9.17) is 0 Å². The number of hydrogen-bond acceptors (Lipinski definition) is 3. The molecular formula is C8H13ClN2O2. The highest BCUT2D eigenvalue weighted by atomic mass is 35.5. The quantitative estimate of drug-likeness (QED) is 0.594. The standard InChI is InChI=1S/C8H9NO2.ClH.H3N/c1-2-7-4-3-5-8(6-7)9(10)11;;/h3-6H,2H2,1H3;1H;1H3. The largest absolute Gasteiger partial charge is 0.344 e. The van der Waals surface area contributed by atoms with Gasteiger partial charge >= 0.3 is 0 Å². The van der Waals surface area contributed by atoms with Crippen LogP contribution in [0.25, 0.3) is 0 Å². The lowest BCUT2D eigenvalue weighted by atomic mass is 10.1. The van der Waals surface area contributed by atoms with Gasteiger partial charge in [0.15, 0.2) is 0 Å². The lowest BCUT2D eigenvalue weighted by Crippen LogP contribution is -1.88. The molecule has 0 aliphatic heterocycles. The summed E-state index contributed by atoms with van der Waals surface area (Å²) in [5, 5.41) is 10.3. The number of rotatable bonds is 2. The van der Waals surface area contributed by atoms with Crippen LogP contribution in [0.3, 0.4) is 0 Å². The molecule has 0 spiro atoms. The van der Waals surface area contributed by atoms with Crippen LogP contribution in [-0.4, -0.2) is 4.92 Å². The van der Waals surface area contributed by atoms with Crippen molar-refractivity contribution in [3.05, 3.63) is 39.9 Å². The summed E-state index contributed by atoms with van der Waals surface area (Å²) in [7, 11) is 0. The first-order chi connectivity index (χ1) is 5.24. The van der Waals surface area contributed by atoms with Crippen molar-refractivity contribution in [2.45, 2.75) is 13.3 Å². The van der Waals surface area contributed by atoms with Crippen LogP contribution in [-0.2, 0) is 6.42 Å². The summed E-state index contributed by atoms with van der Waals surface area (Å²) in [6.45, 7) is 1.97. The highest BCUT2D eigenvalue weighted by Gasteiger charge is 2.03. The van der Waals surface area contributed by atoms with Crippen LogP contribution in [0.15, 0.2) is 24.3 Å². The minimum Gasteiger partial charge on any atom is -0.344 e. The van der Waals surface area contributed by atoms with Gasteiger partial charge in [-0.25, -0.2) is 0 Å². The fourth-order valence-corrected chi connectivity index (χ4v) is 0.890. The number of benzene rings is 1. The molecule has 0 aliphatic carbocycles. The van der Waals surface area contributed by atoms with Gasteiger partial charge in [0.05, 0.1) is 4.92 Å². The highest BCUT2D eigenvalue weighted by Crippen LogP contribution is 2.12. The molecule has 0 saturated carbocycles. The Labute approximate surface area is 83.1 Å². The van der Waals surface area contributed by atoms with Gasteiger partial charge in [-0.05, 0) is 12.0 Å². The van der Waals surface area contributed by atoms with Crippen LogP contribution in [0, 0.1) is 10.1 Å². The van der Waals surface area contributed by atoms with Crippen molar-refractivity contribution in [2.24, 2.45) is 0 Å². The van der Waals surface area contributed by atoms with E-state index in [9.17, 15) is 10.1 Å². The summed E-state index contributed by atoms with van der Waals surface area (Å²) in [6, 6.07) is 6.68. The van der Waals surface area contributed by atoms with Gasteiger partial charge in [-0.15, -0.1) is 12.4 Å². The summed E-state index contributed by atoms with van der Waals surface area (Å²) < 4.78 is 0. The first-order valence-corrected chi connectivity index (χ1v) is 3.47. The first-order valence-electron chi connectivity index (χ1n) is 3.47. The number of nitrogens with zero attached hydrogens (tertiary/aromatic N) is 1. The van der Waals surface area contributed by atoms with Crippen molar-refractivity contribution in [3.63, 3.8) is 0 Å². The van der Waals surface area contributed by atoms with E-state index in [0.717, 1.165) is 12.0 Å². The van der Waals surface area contributed by atoms with E-state index in [0.29, 0.717) is 0 Å². The molecule has 5 heteroatoms. The summed E-state index contributed by atoms with van der Waals surface area (Å²) in [4.78, 5) is 9.90. The normalized spacial score (nSPS) is 8.08. The number of non-ortho nitro benzene ring substituents is 1. The lowest BCUT2D eigenvalue weighted by Gasteiger charge is -1.94. The monoisotopic (exact) mass is 204 g/mol. The van der Waals surface area contributed by atoms with E-state index in [1.165, 1.54) is 6.07 Å². The van der Waals surface area contributed by atoms with E-state index in [2.05, 4.69) is 0 Å². The molecule has 1 aromatic rings. The van der Waals surface area contributed by atoms with Gasteiger partial charge in [-0.3, -0.25) is 10.1 Å². The SMILES string of the molecule is CCc1cccc([N+](=O)[O-])c1.Cl.N. The third kappa shape index (κ3) is 3.87. The number of nitro benzene ring substituents is 1. The van der Waals surface area contributed by atoms with Crippen molar-refractivity contribution in [1.82, 2.24) is 6.15 Å². The zero-order valence-electron chi connectivity index (χ0n) is 7.40. The Hall–Kier alpha value is -1.13. The predicted molar refractivity (Wildman–Crippen MR) is 54.7 cm³/mol. The molecule has 0 atom stereocenters. The van der Waals surface area contributed by atoms with Crippen LogP contribution >= 0.6 is 12.4 Å². The van der Waals surface area contributed by atoms with Gasteiger partial charge in [0.25, 0.3) is 5.69 Å². The van der Waals surface area contributed by atoms with Crippen molar-refractivity contribution < 1.29 is 4.92 Å². The second kappa shape index (κ2) is 6.39. The average molecular weight is 205 g/mol. The summed E-state index contributed by atoms with van der Waals surface area (Å²) in [6.07, 6.45) is 0.835. The Morgan fingerprint density at radius 2 is 2.08 bits per heavy atom. The Morgan fingerprint density at radius 3 is 2.54 bits per heavy atom. The number of halogens is 1. The first kappa shape index (κ1) is 14.4. The second-order valence-corrected chi connectivity index (χ2v) is 2.28. The minimum atomic E-state index is -0.376. The zero-order valence-corrected chi connectivity index (χ0v) is 8.21. The number of nitro groups is 1. The molecule has 13 heavy (non-hydrogen) atoms. The smallest absolute Gasteiger partial charge is 0.269 e. The molecule has 0 radical (unpaired) electrons. The molecular weight excluding hydrogens is 192 g/mol. The van der Waals surface area contributed by atoms with Crippen molar-refractivity contribution in [2.75, 3.05) is 0 Å². The molecule has 0 amide bonds. The fourth-order valence-electron chi connectivity index (χ4n) is 0.890. The second-order valence-electron chi connectivity index (χ2n) is 2.28. The van der Waals surface area contributed by atoms with Crippen LogP contribution in [0.1, 0.15) is 12.5 Å². The average Bonchev–Trinajstić information content (AvgIpc) is 2.05. The van der Waals surface area contributed by atoms with Gasteiger partial charge in [0.2, 0.25) is 0 Å². The Kier molecular flexibility index (Phi) is 7.08. The van der Waals surface area contributed by atoms with Gasteiger partial charge < -0.3 is 6.15 Å². The fraction of sp³-hybridized carbons (Fsp3) is 0.250. The molecule has 0 saturated heterocycles.